The third kappa shape index (κ3) is 20.5. The summed E-state index contributed by atoms with van der Waals surface area (Å²) < 4.78 is 10.8. The number of nitrogens with one attached hydrogen (secondary N) is 3. The van der Waals surface area contributed by atoms with Gasteiger partial charge < -0.3 is 34.2 Å². The van der Waals surface area contributed by atoms with Gasteiger partial charge in [0.1, 0.15) is 18.8 Å². The molecule has 81 heavy (non-hydrogen) atoms. The minimum Gasteiger partial charge on any atom is -0.496 e. The van der Waals surface area contributed by atoms with E-state index in [1.54, 1.807) is 46.2 Å². The molecule has 12 amide bonds. The second-order valence-electron chi connectivity index (χ2n) is 20.6. The average Bonchev–Trinajstić information content (AvgIpc) is 3.54. The molecule has 4 fully saturated rings. The number of urea groups is 4. The van der Waals surface area contributed by atoms with Crippen molar-refractivity contribution in [1.29, 1.82) is 0 Å². The summed E-state index contributed by atoms with van der Waals surface area (Å²) in [6, 6.07) is 22.8. The van der Waals surface area contributed by atoms with Crippen molar-refractivity contribution in [3.05, 3.63) is 130 Å². The monoisotopic (exact) mass is 1130 g/mol. The zero-order chi connectivity index (χ0) is 59.2. The number of ether oxygens (including phenoxy) is 2. The molecule has 432 valence electrons. The van der Waals surface area contributed by atoms with Crippen LogP contribution >= 0.6 is 0 Å². The van der Waals surface area contributed by atoms with Gasteiger partial charge in [-0.2, -0.15) is 0 Å². The Kier molecular flexibility index (Phi) is 23.9. The van der Waals surface area contributed by atoms with Gasteiger partial charge in [-0.05, 0) is 72.5 Å². The summed E-state index contributed by atoms with van der Waals surface area (Å²) in [5, 5.41) is 15.6. The summed E-state index contributed by atoms with van der Waals surface area (Å²) in [4.78, 5) is 137. The number of benzene rings is 3. The van der Waals surface area contributed by atoms with Gasteiger partial charge in [-0.25, -0.2) is 28.9 Å². The van der Waals surface area contributed by atoms with Crippen molar-refractivity contribution in [3.63, 3.8) is 0 Å². The number of nitrogens with zero attached hydrogens (tertiary/aromatic N) is 6. The molecule has 8 rings (SSSR count). The van der Waals surface area contributed by atoms with E-state index in [2.05, 4.69) is 59.6 Å². The molecule has 3 aromatic carbocycles. The number of carboxylic acid groups (broad SMARTS) is 1. The Morgan fingerprint density at radius 1 is 0.667 bits per heavy atom. The molecule has 4 saturated heterocycles. The fourth-order valence-electron chi connectivity index (χ4n) is 8.39. The number of amides is 12. The van der Waals surface area contributed by atoms with Gasteiger partial charge in [0.2, 0.25) is 23.6 Å². The first-order chi connectivity index (χ1) is 38.5. The fourth-order valence-corrected chi connectivity index (χ4v) is 9.15. The molecule has 4 N–H and O–H groups in total. The van der Waals surface area contributed by atoms with Gasteiger partial charge >= 0.3 is 30.1 Å². The van der Waals surface area contributed by atoms with E-state index >= 15 is 0 Å². The van der Waals surface area contributed by atoms with E-state index in [0.29, 0.717) is 81.4 Å². The van der Waals surface area contributed by atoms with Gasteiger partial charge in [-0.1, -0.05) is 75.5 Å². The van der Waals surface area contributed by atoms with E-state index in [1.165, 1.54) is 52.6 Å². The van der Waals surface area contributed by atoms with E-state index in [4.69, 9.17) is 14.6 Å². The van der Waals surface area contributed by atoms with E-state index < -0.39 is 26.1 Å². The molecule has 0 unspecified atom stereocenters. The number of Topliss-reactive ketones (excluding diaryl/α,β-unsaturated/α-hetero) is 1. The maximum atomic E-state index is 12.6. The lowest BCUT2D eigenvalue weighted by atomic mass is 10.1. The summed E-state index contributed by atoms with van der Waals surface area (Å²) in [5.74, 6) is -1.44. The smallest absolute Gasteiger partial charge is 0.335 e. The predicted molar refractivity (Wildman–Crippen MR) is 298 cm³/mol. The number of hydrogen-bond acceptors (Lipinski definition) is 14. The number of aromatic carboxylic acids is 1. The molecular formula is C57H71N9O14Si. The van der Waals surface area contributed by atoms with Crippen molar-refractivity contribution in [1.82, 2.24) is 45.4 Å². The fraction of sp³-hybridized carbons (Fsp3) is 0.404. The Hall–Kier alpha value is -8.64. The van der Waals surface area contributed by atoms with Crippen LogP contribution in [0.4, 0.5) is 19.2 Å². The number of carbonyl (C=O) groups excluding carboxylic acids is 10. The molecule has 1 aromatic heterocycles. The van der Waals surface area contributed by atoms with Crippen LogP contribution in [0.5, 0.6) is 5.75 Å². The largest absolute Gasteiger partial charge is 0.496 e. The van der Waals surface area contributed by atoms with E-state index in [9.17, 15) is 52.7 Å². The minimum atomic E-state index is -1.20. The summed E-state index contributed by atoms with van der Waals surface area (Å²) in [5.41, 5.74) is 5.75. The van der Waals surface area contributed by atoms with Crippen LogP contribution < -0.4 is 20.7 Å². The van der Waals surface area contributed by atoms with Crippen LogP contribution in [0, 0.1) is 0 Å². The second kappa shape index (κ2) is 30.6. The highest BCUT2D eigenvalue weighted by Gasteiger charge is 2.32. The quantitative estimate of drug-likeness (QED) is 0.0333. The lowest BCUT2D eigenvalue weighted by molar-refractivity contribution is -0.136. The van der Waals surface area contributed by atoms with Gasteiger partial charge in [0, 0.05) is 103 Å². The number of carboxylic acids is 1. The van der Waals surface area contributed by atoms with Crippen molar-refractivity contribution in [2.75, 3.05) is 46.6 Å². The van der Waals surface area contributed by atoms with Gasteiger partial charge in [-0.15, -0.1) is 0 Å². The average molecular weight is 1130 g/mol. The molecule has 0 saturated carbocycles. The first-order valence-electron chi connectivity index (χ1n) is 26.5. The van der Waals surface area contributed by atoms with E-state index in [0.717, 1.165) is 41.9 Å². The number of pyridine rings is 1. The van der Waals surface area contributed by atoms with Gasteiger partial charge in [0.25, 0.3) is 0 Å². The zero-order valence-electron chi connectivity index (χ0n) is 46.6. The van der Waals surface area contributed by atoms with Gasteiger partial charge in [-0.3, -0.25) is 49.7 Å². The maximum absolute atomic E-state index is 12.6. The minimum absolute atomic E-state index is 0.00697. The highest BCUT2D eigenvalue weighted by molar-refractivity contribution is 6.76. The molecule has 5 heterocycles. The number of hydrogen-bond donors (Lipinski definition) is 4. The molecule has 0 aliphatic carbocycles. The van der Waals surface area contributed by atoms with Crippen molar-refractivity contribution < 1.29 is 67.3 Å². The number of ketones is 1. The zero-order valence-corrected chi connectivity index (χ0v) is 47.6. The molecule has 4 aromatic rings. The molecule has 0 spiro atoms. The number of rotatable bonds is 19. The third-order valence-corrected chi connectivity index (χ3v) is 14.6. The SMILES string of the molecule is CCCc1cccc(CN2CCC(=O)NC2=O)c1.COc1ccc(C(C)=O)cc1CN1CCC(=O)NC1=O.C[Si](C)(C)CCOCN1C(=O)CCN(Cc2cccc(C=O)c2)C1=O.O=C1CCN(Cc2cc(C(=O)O)ccn2)C(=O)N1. The maximum Gasteiger partial charge on any atom is 0.335 e. The normalized spacial score (nSPS) is 15.5. The van der Waals surface area contributed by atoms with Crippen LogP contribution in [-0.2, 0) is 56.5 Å². The summed E-state index contributed by atoms with van der Waals surface area (Å²) in [6.45, 7) is 13.9. The summed E-state index contributed by atoms with van der Waals surface area (Å²) in [6.07, 6.45) is 5.53. The molecule has 23 nitrogen and oxygen atoms in total. The highest BCUT2D eigenvalue weighted by Crippen LogP contribution is 2.23. The predicted octanol–water partition coefficient (Wildman–Crippen LogP) is 6.61. The van der Waals surface area contributed by atoms with Crippen LogP contribution in [0.3, 0.4) is 0 Å². The molecule has 0 atom stereocenters. The number of imide groups is 4. The van der Waals surface area contributed by atoms with E-state index in [-0.39, 0.29) is 79.6 Å². The number of aldehydes is 1. The molecular weight excluding hydrogens is 1060 g/mol. The Labute approximate surface area is 471 Å². The standard InChI is InChI=1S/C18H26N2O4Si.C14H16N2O4.C14H18N2O2.C11H11N3O4/c1-25(2,3)10-9-24-14-20-17(22)7-8-19(18(20)23)12-15-5-4-6-16(11-15)13-21;1-9(17)10-3-4-12(20-2)11(7-10)8-16-6-5-13(18)15-14(16)19;1-2-4-11-5-3-6-12(9-11)10-16-8-7-13(17)15-14(16)18;15-9-2-4-14(11(18)13-9)6-8-5-7(10(16)17)1-3-12-8/h4-6,11,13H,7-10,12,14H2,1-3H3;3-4,7H,5-6,8H2,1-2H3,(H,15,18,19);3,5-6,9H,2,4,7-8,10H2,1H3,(H,15,17,18);1,3,5H,2,4,6H2,(H,16,17)(H,13,15,18). The summed E-state index contributed by atoms with van der Waals surface area (Å²) in [7, 11) is 0.330. The summed E-state index contributed by atoms with van der Waals surface area (Å²) >= 11 is 0. The number of carbonyl (C=O) groups is 11. The van der Waals surface area contributed by atoms with Crippen molar-refractivity contribution in [3.8, 4) is 5.75 Å². The Bertz CT molecular complexity index is 2970. The first-order valence-corrected chi connectivity index (χ1v) is 30.2. The Morgan fingerprint density at radius 3 is 1.78 bits per heavy atom. The Balaban J connectivity index is 0.000000200. The lowest BCUT2D eigenvalue weighted by Gasteiger charge is -2.34. The van der Waals surface area contributed by atoms with Crippen molar-refractivity contribution in [2.45, 2.75) is 104 Å². The molecule has 24 heteroatoms. The molecule has 4 aliphatic heterocycles. The van der Waals surface area contributed by atoms with Crippen LogP contribution in [0.1, 0.15) is 105 Å². The van der Waals surface area contributed by atoms with Crippen LogP contribution in [0.25, 0.3) is 0 Å². The van der Waals surface area contributed by atoms with Crippen LogP contribution in [0.2, 0.25) is 25.7 Å². The lowest BCUT2D eigenvalue weighted by Crippen LogP contribution is -2.52. The molecule has 0 bridgehead atoms. The van der Waals surface area contributed by atoms with Gasteiger partial charge in [0.05, 0.1) is 31.5 Å². The Morgan fingerprint density at radius 2 is 1.22 bits per heavy atom. The number of aryl methyl sites for hydroxylation is 1. The molecule has 0 radical (unpaired) electrons. The second-order valence-corrected chi connectivity index (χ2v) is 26.2. The van der Waals surface area contributed by atoms with E-state index in [1.807, 2.05) is 18.2 Å². The van der Waals surface area contributed by atoms with Crippen molar-refractivity contribution >= 4 is 73.9 Å². The van der Waals surface area contributed by atoms with Crippen molar-refractivity contribution in [2.24, 2.45) is 0 Å². The third-order valence-electron chi connectivity index (χ3n) is 12.9. The van der Waals surface area contributed by atoms with Crippen LogP contribution in [0.15, 0.2) is 85.1 Å². The van der Waals surface area contributed by atoms with Gasteiger partial charge in [0.15, 0.2) is 5.78 Å². The first kappa shape index (κ1) is 63.2. The number of methoxy groups -OCH3 is 1. The highest BCUT2D eigenvalue weighted by atomic mass is 28.3. The number of aromatic nitrogens is 1. The van der Waals surface area contributed by atoms with Crippen LogP contribution in [-0.4, -0.2) is 155 Å². The molecule has 4 aliphatic rings. The topological polar surface area (TPSA) is 292 Å².